The van der Waals surface area contributed by atoms with Crippen LogP contribution in [0.25, 0.3) is 0 Å². The number of benzene rings is 1. The summed E-state index contributed by atoms with van der Waals surface area (Å²) in [6, 6.07) is 9.53. The molecule has 20 heavy (non-hydrogen) atoms. The monoisotopic (exact) mass is 320 g/mol. The van der Waals surface area contributed by atoms with Crippen LogP contribution in [0, 0.1) is 0 Å². The van der Waals surface area contributed by atoms with Crippen molar-refractivity contribution < 1.29 is 34.9 Å². The Hall–Kier alpha value is -1.60. The molecule has 0 saturated heterocycles. The molecule has 0 fully saturated rings. The second-order valence-electron chi connectivity index (χ2n) is 3.80. The maximum absolute atomic E-state index is 10.7. The van der Waals surface area contributed by atoms with E-state index in [1.807, 2.05) is 30.3 Å². The standard InChI is InChI=1S/C10H10N2O.F6P/c13-10(12-7-6-11-8-12)9-4-2-1-3-5-9;1-7(2,3,4,5)6/h1-8,10,13H;/q;-1/p+1. The number of nitrogens with zero attached hydrogens (tertiary/aromatic N) is 1. The molecule has 2 rings (SSSR count). The number of rotatable bonds is 2. The van der Waals surface area contributed by atoms with Gasteiger partial charge in [-0.05, 0) is 0 Å². The Labute approximate surface area is 109 Å². The van der Waals surface area contributed by atoms with Crippen molar-refractivity contribution in [3.63, 3.8) is 0 Å². The second-order valence-corrected chi connectivity index (χ2v) is 5.72. The van der Waals surface area contributed by atoms with Crippen LogP contribution >= 0.6 is 7.81 Å². The van der Waals surface area contributed by atoms with Crippen molar-refractivity contribution in [2.75, 3.05) is 0 Å². The maximum atomic E-state index is 9.87. The van der Waals surface area contributed by atoms with Gasteiger partial charge in [-0.15, -0.1) is 0 Å². The molecule has 0 amide bonds. The van der Waals surface area contributed by atoms with E-state index in [0.29, 0.717) is 0 Å². The summed E-state index contributed by atoms with van der Waals surface area (Å²) in [6.45, 7) is 0. The molecule has 1 heterocycles. The minimum Gasteiger partial charge on any atom is -0.351 e. The van der Waals surface area contributed by atoms with Crippen LogP contribution in [0.4, 0.5) is 25.2 Å². The van der Waals surface area contributed by atoms with Gasteiger partial charge in [-0.25, -0.2) is 4.57 Å². The molecule has 0 radical (unpaired) electrons. The van der Waals surface area contributed by atoms with Gasteiger partial charge in [-0.2, -0.15) is 0 Å². The van der Waals surface area contributed by atoms with E-state index >= 15 is 0 Å². The first-order chi connectivity index (χ1) is 8.83. The number of imidazole rings is 1. The first kappa shape index (κ1) is 16.5. The smallest absolute Gasteiger partial charge is 0.243 e. The minimum absolute atomic E-state index is 0.604. The Kier molecular flexibility index (Phi) is 3.91. The van der Waals surface area contributed by atoms with Crippen LogP contribution in [0.1, 0.15) is 11.8 Å². The van der Waals surface area contributed by atoms with Gasteiger partial charge in [-0.3, -0.25) is 4.98 Å². The fourth-order valence-electron chi connectivity index (χ4n) is 1.25. The molecule has 2 N–H and O–H groups in total. The van der Waals surface area contributed by atoms with Crippen molar-refractivity contribution in [2.45, 2.75) is 6.23 Å². The van der Waals surface area contributed by atoms with Crippen LogP contribution < -0.4 is 4.57 Å². The third-order valence-electron chi connectivity index (χ3n) is 1.95. The molecule has 114 valence electrons. The van der Waals surface area contributed by atoms with E-state index in [4.69, 9.17) is 0 Å². The average Bonchev–Trinajstić information content (AvgIpc) is 2.78. The van der Waals surface area contributed by atoms with E-state index < -0.39 is 14.0 Å². The van der Waals surface area contributed by atoms with Crippen molar-refractivity contribution in [2.24, 2.45) is 0 Å². The Balaban J connectivity index is 0.000000246. The number of aliphatic hydroxyl groups is 1. The predicted octanol–water partition coefficient (Wildman–Crippen LogP) is 4.22. The molecule has 0 aliphatic rings. The number of hydrogen-bond donors (Lipinski definition) is 2. The quantitative estimate of drug-likeness (QED) is 0.485. The van der Waals surface area contributed by atoms with Crippen LogP contribution in [-0.4, -0.2) is 10.1 Å². The molecule has 2 aromatic rings. The van der Waals surface area contributed by atoms with E-state index in [1.54, 1.807) is 23.3 Å². The maximum Gasteiger partial charge on any atom is 0.243 e. The normalized spacial score (nSPS) is 16.4. The second kappa shape index (κ2) is 4.75. The zero-order chi connectivity index (χ0) is 15.5. The van der Waals surface area contributed by atoms with Crippen LogP contribution in [0.5, 0.6) is 0 Å². The largest absolute Gasteiger partial charge is 0.351 e. The van der Waals surface area contributed by atoms with Crippen molar-refractivity contribution in [1.29, 1.82) is 0 Å². The summed E-state index contributed by atoms with van der Waals surface area (Å²) in [4.78, 5) is 2.88. The predicted molar refractivity (Wildman–Crippen MR) is 61.4 cm³/mol. The van der Waals surface area contributed by atoms with E-state index in [0.717, 1.165) is 5.56 Å². The number of aliphatic hydroxyl groups excluding tert-OH is 1. The molecule has 0 aliphatic heterocycles. The van der Waals surface area contributed by atoms with E-state index in [1.165, 1.54) is 0 Å². The number of H-pyrrole nitrogens is 1. The van der Waals surface area contributed by atoms with Crippen molar-refractivity contribution in [3.8, 4) is 0 Å². The first-order valence-electron chi connectivity index (χ1n) is 5.16. The molecule has 0 bridgehead atoms. The molecule has 3 nitrogen and oxygen atoms in total. The van der Waals surface area contributed by atoms with E-state index in [2.05, 4.69) is 4.98 Å². The van der Waals surface area contributed by atoms with Gasteiger partial charge in [0, 0.05) is 5.56 Å². The molecule has 1 atom stereocenters. The summed E-state index contributed by atoms with van der Waals surface area (Å²) >= 11 is 0. The molecule has 1 aromatic carbocycles. The van der Waals surface area contributed by atoms with Gasteiger partial charge in [0.25, 0.3) is 0 Å². The fraction of sp³-hybridized carbons (Fsp3) is 0.100. The van der Waals surface area contributed by atoms with Crippen LogP contribution in [0.3, 0.4) is 0 Å². The molecule has 0 aliphatic carbocycles. The topological polar surface area (TPSA) is 39.9 Å². The molecular formula is C10H11F6N2OP. The van der Waals surface area contributed by atoms with Crippen LogP contribution in [0.2, 0.25) is 0 Å². The van der Waals surface area contributed by atoms with Crippen LogP contribution in [0.15, 0.2) is 49.1 Å². The summed E-state index contributed by atoms with van der Waals surface area (Å²) in [7, 11) is -10.7. The Bertz CT molecular complexity index is 528. The molecule has 1 aromatic heterocycles. The summed E-state index contributed by atoms with van der Waals surface area (Å²) in [5.74, 6) is 0. The van der Waals surface area contributed by atoms with Crippen LogP contribution in [-0.2, 0) is 0 Å². The Morgan fingerprint density at radius 1 is 1.00 bits per heavy atom. The number of aromatic nitrogens is 2. The zero-order valence-corrected chi connectivity index (χ0v) is 10.7. The van der Waals surface area contributed by atoms with Gasteiger partial charge < -0.3 is 5.11 Å². The number of nitrogens with one attached hydrogen (secondary N) is 1. The number of aromatic amines is 1. The number of halogens is 6. The first-order valence-corrected chi connectivity index (χ1v) is 7.19. The molecule has 0 spiro atoms. The van der Waals surface area contributed by atoms with Gasteiger partial charge in [0.2, 0.25) is 12.6 Å². The summed E-state index contributed by atoms with van der Waals surface area (Å²) in [5, 5.41) is 9.82. The van der Waals surface area contributed by atoms with Gasteiger partial charge >= 0.3 is 33.0 Å². The Morgan fingerprint density at radius 2 is 1.50 bits per heavy atom. The van der Waals surface area contributed by atoms with E-state index in [-0.39, 0.29) is 0 Å². The van der Waals surface area contributed by atoms with Crippen molar-refractivity contribution >= 4 is 7.81 Å². The van der Waals surface area contributed by atoms with Crippen molar-refractivity contribution in [1.82, 2.24) is 4.98 Å². The molecule has 1 unspecified atom stereocenters. The van der Waals surface area contributed by atoms with E-state index in [9.17, 15) is 30.3 Å². The SMILES string of the molecule is F[P-](F)(F)(F)(F)F.OC(c1ccccc1)[n+]1cc[nH]c1. The number of hydrogen-bond acceptors (Lipinski definition) is 1. The minimum atomic E-state index is -10.7. The van der Waals surface area contributed by atoms with Gasteiger partial charge in [0.05, 0.1) is 0 Å². The summed E-state index contributed by atoms with van der Waals surface area (Å²) in [5.41, 5.74) is 0.882. The van der Waals surface area contributed by atoms with Gasteiger partial charge in [-0.1, -0.05) is 30.3 Å². The summed E-state index contributed by atoms with van der Waals surface area (Å²) in [6.07, 6.45) is 4.68. The van der Waals surface area contributed by atoms with Gasteiger partial charge in [0.1, 0.15) is 12.4 Å². The molecule has 0 saturated carbocycles. The average molecular weight is 320 g/mol. The zero-order valence-electron chi connectivity index (χ0n) is 9.81. The Morgan fingerprint density at radius 3 is 1.90 bits per heavy atom. The summed E-state index contributed by atoms with van der Waals surface area (Å²) < 4.78 is 60.9. The third kappa shape index (κ3) is 8.49. The molecular weight excluding hydrogens is 309 g/mol. The third-order valence-corrected chi connectivity index (χ3v) is 1.95. The van der Waals surface area contributed by atoms with Gasteiger partial charge in [0.15, 0.2) is 0 Å². The van der Waals surface area contributed by atoms with Crippen molar-refractivity contribution in [3.05, 3.63) is 54.6 Å². The molecule has 10 heteroatoms. The fourth-order valence-corrected chi connectivity index (χ4v) is 1.25.